The number of rotatable bonds is 4. The van der Waals surface area contributed by atoms with Crippen molar-refractivity contribution in [2.45, 2.75) is 55.1 Å². The summed E-state index contributed by atoms with van der Waals surface area (Å²) in [6.07, 6.45) is -0.0215. The van der Waals surface area contributed by atoms with Crippen LogP contribution >= 0.6 is 11.8 Å². The largest absolute Gasteiger partial charge is 0.434 e. The van der Waals surface area contributed by atoms with E-state index in [1.807, 2.05) is 10.7 Å². The molecule has 3 N–H and O–H groups in total. The van der Waals surface area contributed by atoms with Crippen LogP contribution in [0.2, 0.25) is 0 Å². The second-order valence-electron chi connectivity index (χ2n) is 8.73. The molecular formula is C22H24F3N7OS. The van der Waals surface area contributed by atoms with Crippen LogP contribution < -0.4 is 10.6 Å². The molecule has 0 radical (unpaired) electrons. The molecule has 1 unspecified atom stereocenters. The molecule has 1 atom stereocenters. The monoisotopic (exact) mass is 491 g/mol. The highest BCUT2D eigenvalue weighted by Crippen LogP contribution is 2.48. The Labute approximate surface area is 198 Å². The van der Waals surface area contributed by atoms with Crippen molar-refractivity contribution in [1.29, 1.82) is 0 Å². The van der Waals surface area contributed by atoms with Gasteiger partial charge in [0, 0.05) is 42.3 Å². The summed E-state index contributed by atoms with van der Waals surface area (Å²) < 4.78 is 42.0. The zero-order chi connectivity index (χ0) is 24.1. The maximum atomic E-state index is 13.4. The van der Waals surface area contributed by atoms with Crippen LogP contribution in [-0.4, -0.2) is 42.9 Å². The molecule has 34 heavy (non-hydrogen) atoms. The minimum absolute atomic E-state index is 0.0586. The minimum Gasteiger partial charge on any atom is -0.390 e. The fourth-order valence-corrected chi connectivity index (χ4v) is 5.82. The summed E-state index contributed by atoms with van der Waals surface area (Å²) in [5.74, 6) is 0.561. The van der Waals surface area contributed by atoms with Crippen molar-refractivity contribution in [3.8, 4) is 0 Å². The second-order valence-corrected chi connectivity index (χ2v) is 9.76. The molecule has 2 aliphatic rings. The van der Waals surface area contributed by atoms with Crippen LogP contribution in [0.5, 0.6) is 0 Å². The number of aromatic nitrogens is 5. The standard InChI is InChI=1S/C22H24F3N7OS/c1-13-20(34-16-3-2-7-27-18(16)22(23,24)25)30-14(11-33)19(29-13)31-9-5-21(6-10-31)12-32-15(17(21)26)4-8-28-32/h2-4,7-8,17,33H,5-6,9-12,26H2,1H3. The zero-order valence-electron chi connectivity index (χ0n) is 18.5. The van der Waals surface area contributed by atoms with E-state index in [0.29, 0.717) is 35.3 Å². The van der Waals surface area contributed by atoms with Gasteiger partial charge in [-0.1, -0.05) is 11.8 Å². The van der Waals surface area contributed by atoms with Crippen LogP contribution in [0, 0.1) is 12.3 Å². The molecule has 5 heterocycles. The van der Waals surface area contributed by atoms with E-state index in [-0.39, 0.29) is 23.0 Å². The predicted octanol–water partition coefficient (Wildman–Crippen LogP) is 3.34. The van der Waals surface area contributed by atoms with Gasteiger partial charge in [-0.2, -0.15) is 18.3 Å². The Hall–Kier alpha value is -2.70. The Balaban J connectivity index is 1.37. The molecule has 2 aliphatic heterocycles. The van der Waals surface area contributed by atoms with Gasteiger partial charge in [-0.3, -0.25) is 9.67 Å². The quantitative estimate of drug-likeness (QED) is 0.573. The van der Waals surface area contributed by atoms with Gasteiger partial charge in [0.05, 0.1) is 24.0 Å². The van der Waals surface area contributed by atoms with Crippen molar-refractivity contribution in [2.24, 2.45) is 11.1 Å². The summed E-state index contributed by atoms with van der Waals surface area (Å²) in [6, 6.07) is 4.69. The number of nitrogens with zero attached hydrogens (tertiary/aromatic N) is 6. The van der Waals surface area contributed by atoms with Crippen LogP contribution in [-0.2, 0) is 19.3 Å². The highest BCUT2D eigenvalue weighted by atomic mass is 32.2. The summed E-state index contributed by atoms with van der Waals surface area (Å²) in [7, 11) is 0. The van der Waals surface area contributed by atoms with Crippen molar-refractivity contribution < 1.29 is 18.3 Å². The van der Waals surface area contributed by atoms with Gasteiger partial charge in [0.15, 0.2) is 11.5 Å². The van der Waals surface area contributed by atoms with E-state index in [0.717, 1.165) is 43.0 Å². The molecule has 0 saturated carbocycles. The van der Waals surface area contributed by atoms with E-state index in [9.17, 15) is 18.3 Å². The molecule has 3 aromatic heterocycles. The first-order valence-electron chi connectivity index (χ1n) is 10.9. The molecule has 1 fully saturated rings. The lowest BCUT2D eigenvalue weighted by molar-refractivity contribution is -0.143. The van der Waals surface area contributed by atoms with E-state index < -0.39 is 11.9 Å². The van der Waals surface area contributed by atoms with Crippen molar-refractivity contribution in [3.63, 3.8) is 0 Å². The molecule has 1 spiro atoms. The summed E-state index contributed by atoms with van der Waals surface area (Å²) in [6.45, 7) is 3.50. The van der Waals surface area contributed by atoms with Gasteiger partial charge in [-0.15, -0.1) is 0 Å². The average Bonchev–Trinajstić information content (AvgIpc) is 3.36. The highest BCUT2D eigenvalue weighted by molar-refractivity contribution is 7.99. The summed E-state index contributed by atoms with van der Waals surface area (Å²) in [5, 5.41) is 14.7. The number of aliphatic hydroxyl groups excluding tert-OH is 1. The van der Waals surface area contributed by atoms with Crippen molar-refractivity contribution >= 4 is 17.6 Å². The number of halogens is 3. The summed E-state index contributed by atoms with van der Waals surface area (Å²) >= 11 is 0.850. The van der Waals surface area contributed by atoms with Gasteiger partial charge < -0.3 is 15.7 Å². The van der Waals surface area contributed by atoms with Crippen LogP contribution in [0.25, 0.3) is 0 Å². The third kappa shape index (κ3) is 3.93. The van der Waals surface area contributed by atoms with Crippen LogP contribution in [0.1, 0.15) is 41.7 Å². The van der Waals surface area contributed by atoms with Crippen molar-refractivity contribution in [2.75, 3.05) is 18.0 Å². The Bertz CT molecular complexity index is 1210. The number of hydrogen-bond donors (Lipinski definition) is 2. The van der Waals surface area contributed by atoms with Gasteiger partial charge in [-0.25, -0.2) is 9.97 Å². The molecule has 12 heteroatoms. The van der Waals surface area contributed by atoms with E-state index in [1.54, 1.807) is 13.1 Å². The minimum atomic E-state index is -4.58. The fraction of sp³-hybridized carbons (Fsp3) is 0.455. The van der Waals surface area contributed by atoms with Gasteiger partial charge in [-0.05, 0) is 38.0 Å². The van der Waals surface area contributed by atoms with Crippen LogP contribution in [0.3, 0.4) is 0 Å². The Morgan fingerprint density at radius 1 is 1.21 bits per heavy atom. The van der Waals surface area contributed by atoms with Crippen molar-refractivity contribution in [3.05, 3.63) is 53.4 Å². The van der Waals surface area contributed by atoms with E-state index in [1.165, 1.54) is 12.1 Å². The fourth-order valence-electron chi connectivity index (χ4n) is 4.85. The molecule has 0 aromatic carbocycles. The van der Waals surface area contributed by atoms with E-state index in [4.69, 9.17) is 5.73 Å². The lowest BCUT2D eigenvalue weighted by Crippen LogP contribution is -2.45. The lowest BCUT2D eigenvalue weighted by Gasteiger charge is -2.42. The Kier molecular flexibility index (Phi) is 5.77. The van der Waals surface area contributed by atoms with Crippen LogP contribution in [0.15, 0.2) is 40.5 Å². The number of nitrogens with two attached hydrogens (primary N) is 1. The highest BCUT2D eigenvalue weighted by Gasteiger charge is 2.47. The smallest absolute Gasteiger partial charge is 0.390 e. The number of piperidine rings is 1. The molecule has 180 valence electrons. The maximum absolute atomic E-state index is 13.4. The summed E-state index contributed by atoms with van der Waals surface area (Å²) in [4.78, 5) is 14.6. The molecule has 5 rings (SSSR count). The lowest BCUT2D eigenvalue weighted by atomic mass is 9.73. The number of anilines is 1. The van der Waals surface area contributed by atoms with Gasteiger partial charge in [0.1, 0.15) is 10.7 Å². The van der Waals surface area contributed by atoms with Gasteiger partial charge in [0.25, 0.3) is 0 Å². The van der Waals surface area contributed by atoms with Gasteiger partial charge in [0.2, 0.25) is 0 Å². The Morgan fingerprint density at radius 3 is 2.65 bits per heavy atom. The van der Waals surface area contributed by atoms with Crippen LogP contribution in [0.4, 0.5) is 19.0 Å². The first-order chi connectivity index (χ1) is 16.2. The van der Waals surface area contributed by atoms with E-state index >= 15 is 0 Å². The molecule has 1 saturated heterocycles. The SMILES string of the molecule is Cc1nc(N2CCC3(CC2)Cn2nccc2C3N)c(CO)nc1Sc1cccnc1C(F)(F)F. The first kappa shape index (κ1) is 23.1. The van der Waals surface area contributed by atoms with Crippen molar-refractivity contribution in [1.82, 2.24) is 24.7 Å². The number of hydrogen-bond acceptors (Lipinski definition) is 8. The number of aryl methyl sites for hydroxylation is 1. The normalized spacial score (nSPS) is 19.6. The van der Waals surface area contributed by atoms with Gasteiger partial charge >= 0.3 is 6.18 Å². The third-order valence-corrected chi connectivity index (χ3v) is 7.85. The topological polar surface area (TPSA) is 106 Å². The third-order valence-electron chi connectivity index (χ3n) is 6.72. The first-order valence-corrected chi connectivity index (χ1v) is 11.7. The second kappa shape index (κ2) is 8.51. The van der Waals surface area contributed by atoms with E-state index in [2.05, 4.69) is 25.0 Å². The Morgan fingerprint density at radius 2 is 1.97 bits per heavy atom. The predicted molar refractivity (Wildman–Crippen MR) is 119 cm³/mol. The maximum Gasteiger partial charge on any atom is 0.434 e. The molecule has 0 bridgehead atoms. The average molecular weight is 492 g/mol. The summed E-state index contributed by atoms with van der Waals surface area (Å²) in [5.41, 5.74) is 7.42. The number of aliphatic hydroxyl groups is 1. The number of fused-ring (bicyclic) bond motifs is 1. The molecule has 3 aromatic rings. The number of pyridine rings is 1. The molecule has 0 aliphatic carbocycles. The molecular weight excluding hydrogens is 467 g/mol. The molecule has 0 amide bonds. The number of alkyl halides is 3. The zero-order valence-corrected chi connectivity index (χ0v) is 19.3. The molecule has 8 nitrogen and oxygen atoms in total.